The van der Waals surface area contributed by atoms with Crippen molar-refractivity contribution in [1.82, 2.24) is 10.1 Å². The van der Waals surface area contributed by atoms with E-state index in [-0.39, 0.29) is 0 Å². The van der Waals surface area contributed by atoms with E-state index in [4.69, 9.17) is 10.3 Å². The van der Waals surface area contributed by atoms with Crippen molar-refractivity contribution in [2.75, 3.05) is 11.9 Å². The molecule has 21 heavy (non-hydrogen) atoms. The Bertz CT molecular complexity index is 707. The SMILES string of the molecule is CN(c1ccncc1)c1ccc(-c2cc(CN)on2)cc1. The molecule has 0 aliphatic carbocycles. The number of hydrogen-bond acceptors (Lipinski definition) is 5. The van der Waals surface area contributed by atoms with Gasteiger partial charge in [-0.05, 0) is 24.3 Å². The highest BCUT2D eigenvalue weighted by atomic mass is 16.5. The number of aromatic nitrogens is 2. The molecule has 0 unspecified atom stereocenters. The smallest absolute Gasteiger partial charge is 0.150 e. The molecule has 3 rings (SSSR count). The molecule has 2 N–H and O–H groups in total. The van der Waals surface area contributed by atoms with Crippen LogP contribution >= 0.6 is 0 Å². The van der Waals surface area contributed by atoms with E-state index in [1.54, 1.807) is 12.4 Å². The molecular formula is C16H16N4O. The third kappa shape index (κ3) is 2.78. The normalized spacial score (nSPS) is 10.6. The average molecular weight is 280 g/mol. The second-order valence-electron chi connectivity index (χ2n) is 4.69. The van der Waals surface area contributed by atoms with Gasteiger partial charge >= 0.3 is 0 Å². The van der Waals surface area contributed by atoms with Crippen LogP contribution in [0.15, 0.2) is 59.4 Å². The molecule has 5 heteroatoms. The molecule has 0 fully saturated rings. The first-order chi connectivity index (χ1) is 10.3. The molecule has 0 aliphatic rings. The minimum Gasteiger partial charge on any atom is -0.359 e. The van der Waals surface area contributed by atoms with Gasteiger partial charge in [0.2, 0.25) is 0 Å². The van der Waals surface area contributed by atoms with E-state index >= 15 is 0 Å². The Morgan fingerprint density at radius 3 is 2.33 bits per heavy atom. The summed E-state index contributed by atoms with van der Waals surface area (Å²) in [5.41, 5.74) is 9.51. The van der Waals surface area contributed by atoms with E-state index in [1.165, 1.54) is 0 Å². The first-order valence-electron chi connectivity index (χ1n) is 6.68. The van der Waals surface area contributed by atoms with E-state index in [0.717, 1.165) is 22.6 Å². The summed E-state index contributed by atoms with van der Waals surface area (Å²) in [4.78, 5) is 6.13. The molecule has 1 aromatic carbocycles. The van der Waals surface area contributed by atoms with Gasteiger partial charge in [0, 0.05) is 42.4 Å². The second kappa shape index (κ2) is 5.76. The summed E-state index contributed by atoms with van der Waals surface area (Å²) in [6.45, 7) is 0.357. The zero-order chi connectivity index (χ0) is 14.7. The molecule has 0 bridgehead atoms. The van der Waals surface area contributed by atoms with Gasteiger partial charge in [0.1, 0.15) is 5.69 Å². The molecule has 0 saturated carbocycles. The zero-order valence-electron chi connectivity index (χ0n) is 11.7. The molecule has 0 amide bonds. The van der Waals surface area contributed by atoms with Gasteiger partial charge in [0.05, 0.1) is 6.54 Å². The van der Waals surface area contributed by atoms with Crippen LogP contribution < -0.4 is 10.6 Å². The Kier molecular flexibility index (Phi) is 3.66. The summed E-state index contributed by atoms with van der Waals surface area (Å²) < 4.78 is 5.12. The maximum atomic E-state index is 5.52. The second-order valence-corrected chi connectivity index (χ2v) is 4.69. The van der Waals surface area contributed by atoms with Crippen LogP contribution in [0.2, 0.25) is 0 Å². The van der Waals surface area contributed by atoms with Crippen molar-refractivity contribution in [2.45, 2.75) is 6.54 Å². The van der Waals surface area contributed by atoms with Gasteiger partial charge in [0.15, 0.2) is 5.76 Å². The number of pyridine rings is 1. The van der Waals surface area contributed by atoms with Gasteiger partial charge in [-0.15, -0.1) is 0 Å². The fourth-order valence-electron chi connectivity index (χ4n) is 2.12. The van der Waals surface area contributed by atoms with Crippen LogP contribution in [0.4, 0.5) is 11.4 Å². The number of nitrogens with zero attached hydrogens (tertiary/aromatic N) is 3. The predicted octanol–water partition coefficient (Wildman–Crippen LogP) is 2.96. The predicted molar refractivity (Wildman–Crippen MR) is 82.1 cm³/mol. The van der Waals surface area contributed by atoms with Crippen LogP contribution in [0.5, 0.6) is 0 Å². The summed E-state index contributed by atoms with van der Waals surface area (Å²) in [5.74, 6) is 0.683. The Morgan fingerprint density at radius 1 is 1.05 bits per heavy atom. The highest BCUT2D eigenvalue weighted by molar-refractivity contribution is 5.67. The van der Waals surface area contributed by atoms with Gasteiger partial charge in [0.25, 0.3) is 0 Å². The molecule has 3 aromatic rings. The topological polar surface area (TPSA) is 68.2 Å². The summed E-state index contributed by atoms with van der Waals surface area (Å²) in [6.07, 6.45) is 3.56. The monoisotopic (exact) mass is 280 g/mol. The van der Waals surface area contributed by atoms with Crippen molar-refractivity contribution in [1.29, 1.82) is 0 Å². The number of nitrogens with two attached hydrogens (primary N) is 1. The molecule has 0 saturated heterocycles. The fourth-order valence-corrected chi connectivity index (χ4v) is 2.12. The van der Waals surface area contributed by atoms with Crippen LogP contribution in [0.3, 0.4) is 0 Å². The summed E-state index contributed by atoms with van der Waals surface area (Å²) >= 11 is 0. The van der Waals surface area contributed by atoms with Crippen molar-refractivity contribution >= 4 is 11.4 Å². The van der Waals surface area contributed by atoms with Crippen molar-refractivity contribution in [3.8, 4) is 11.3 Å². The molecule has 106 valence electrons. The van der Waals surface area contributed by atoms with Gasteiger partial charge in [-0.25, -0.2) is 0 Å². The summed E-state index contributed by atoms with van der Waals surface area (Å²) in [7, 11) is 2.02. The van der Waals surface area contributed by atoms with Crippen molar-refractivity contribution < 1.29 is 4.52 Å². The Labute approximate surface area is 123 Å². The van der Waals surface area contributed by atoms with Crippen LogP contribution in [0.25, 0.3) is 11.3 Å². The Balaban J connectivity index is 1.84. The zero-order valence-corrected chi connectivity index (χ0v) is 11.7. The quantitative estimate of drug-likeness (QED) is 0.795. The minimum absolute atomic E-state index is 0.357. The number of benzene rings is 1. The van der Waals surface area contributed by atoms with E-state index in [2.05, 4.69) is 15.0 Å². The number of hydrogen-bond donors (Lipinski definition) is 1. The lowest BCUT2D eigenvalue weighted by Crippen LogP contribution is -2.08. The van der Waals surface area contributed by atoms with Crippen molar-refractivity contribution in [2.24, 2.45) is 5.73 Å². The lowest BCUT2D eigenvalue weighted by Gasteiger charge is -2.19. The maximum absolute atomic E-state index is 5.52. The fraction of sp³-hybridized carbons (Fsp3) is 0.125. The van der Waals surface area contributed by atoms with Crippen molar-refractivity contribution in [3.63, 3.8) is 0 Å². The highest BCUT2D eigenvalue weighted by Crippen LogP contribution is 2.26. The number of anilines is 2. The first-order valence-corrected chi connectivity index (χ1v) is 6.68. The Hall–Kier alpha value is -2.66. The molecule has 2 aromatic heterocycles. The lowest BCUT2D eigenvalue weighted by molar-refractivity contribution is 0.387. The molecule has 0 atom stereocenters. The molecule has 0 radical (unpaired) electrons. The van der Waals surface area contributed by atoms with E-state index in [9.17, 15) is 0 Å². The molecule has 2 heterocycles. The van der Waals surface area contributed by atoms with Crippen LogP contribution in [-0.4, -0.2) is 17.2 Å². The molecule has 5 nitrogen and oxygen atoms in total. The highest BCUT2D eigenvalue weighted by Gasteiger charge is 2.07. The molecule has 0 spiro atoms. The van der Waals surface area contributed by atoms with Crippen LogP contribution in [-0.2, 0) is 6.54 Å². The van der Waals surface area contributed by atoms with Gasteiger partial charge in [-0.1, -0.05) is 17.3 Å². The van der Waals surface area contributed by atoms with Gasteiger partial charge in [-0.3, -0.25) is 4.98 Å². The van der Waals surface area contributed by atoms with Crippen molar-refractivity contribution in [3.05, 3.63) is 60.6 Å². The first kappa shape index (κ1) is 13.3. The number of rotatable bonds is 4. The van der Waals surface area contributed by atoms with E-state index < -0.39 is 0 Å². The van der Waals surface area contributed by atoms with Gasteiger partial charge < -0.3 is 15.2 Å². The molecule has 0 aliphatic heterocycles. The summed E-state index contributed by atoms with van der Waals surface area (Å²) in [6, 6.07) is 13.9. The standard InChI is InChI=1S/C16H16N4O/c1-20(14-6-8-18-9-7-14)13-4-2-12(3-5-13)16-10-15(11-17)21-19-16/h2-10H,11,17H2,1H3. The lowest BCUT2D eigenvalue weighted by atomic mass is 10.1. The van der Waals surface area contributed by atoms with Crippen LogP contribution in [0.1, 0.15) is 5.76 Å². The van der Waals surface area contributed by atoms with Crippen LogP contribution in [0, 0.1) is 0 Å². The Morgan fingerprint density at radius 2 is 1.71 bits per heavy atom. The van der Waals surface area contributed by atoms with E-state index in [0.29, 0.717) is 12.3 Å². The minimum atomic E-state index is 0.357. The third-order valence-corrected chi connectivity index (χ3v) is 3.36. The largest absolute Gasteiger partial charge is 0.359 e. The van der Waals surface area contributed by atoms with Gasteiger partial charge in [-0.2, -0.15) is 0 Å². The third-order valence-electron chi connectivity index (χ3n) is 3.36. The van der Waals surface area contributed by atoms with E-state index in [1.807, 2.05) is 49.5 Å². The summed E-state index contributed by atoms with van der Waals surface area (Å²) in [5, 5.41) is 4.01. The maximum Gasteiger partial charge on any atom is 0.150 e. The average Bonchev–Trinajstić information content (AvgIpc) is 3.04. The molecular weight excluding hydrogens is 264 g/mol.